The van der Waals surface area contributed by atoms with Crippen molar-refractivity contribution in [3.63, 3.8) is 0 Å². The first-order valence-electron chi connectivity index (χ1n) is 7.63. The van der Waals surface area contributed by atoms with Crippen LogP contribution in [-0.4, -0.2) is 50.5 Å². The molecule has 1 aromatic rings. The van der Waals surface area contributed by atoms with Crippen molar-refractivity contribution < 1.29 is 19.4 Å². The molecule has 0 aromatic carbocycles. The van der Waals surface area contributed by atoms with E-state index in [0.29, 0.717) is 25.9 Å². The molecule has 24 heavy (non-hydrogen) atoms. The van der Waals surface area contributed by atoms with Crippen LogP contribution in [0.2, 0.25) is 0 Å². The summed E-state index contributed by atoms with van der Waals surface area (Å²) >= 11 is 0. The van der Waals surface area contributed by atoms with Crippen LogP contribution in [0.5, 0.6) is 0 Å². The lowest BCUT2D eigenvalue weighted by molar-refractivity contribution is 0.0185. The normalized spacial score (nSPS) is 15.8. The molecule has 0 unspecified atom stereocenters. The number of piperidine rings is 1. The molecule has 1 saturated heterocycles. The number of anilines is 1. The third kappa shape index (κ3) is 3.59. The molecule has 1 fully saturated rings. The molecule has 9 heteroatoms. The first-order valence-corrected chi connectivity index (χ1v) is 7.63. The number of nitrogens with zero attached hydrogens (tertiary/aromatic N) is 4. The Hall–Kier alpha value is -2.76. The van der Waals surface area contributed by atoms with Gasteiger partial charge in [-0.2, -0.15) is 10.4 Å². The van der Waals surface area contributed by atoms with Gasteiger partial charge in [-0.25, -0.2) is 14.3 Å². The summed E-state index contributed by atoms with van der Waals surface area (Å²) < 4.78 is 6.72. The van der Waals surface area contributed by atoms with Crippen molar-refractivity contribution in [2.75, 3.05) is 18.8 Å². The van der Waals surface area contributed by atoms with Crippen LogP contribution in [0.25, 0.3) is 0 Å². The highest BCUT2D eigenvalue weighted by Crippen LogP contribution is 2.28. The number of likely N-dealkylation sites (tertiary alicyclic amines) is 1. The van der Waals surface area contributed by atoms with Gasteiger partial charge in [-0.15, -0.1) is 0 Å². The highest BCUT2D eigenvalue weighted by molar-refractivity contribution is 5.90. The summed E-state index contributed by atoms with van der Waals surface area (Å²) in [4.78, 5) is 24.8. The van der Waals surface area contributed by atoms with Gasteiger partial charge in [-0.05, 0) is 33.6 Å². The van der Waals surface area contributed by atoms with Crippen molar-refractivity contribution in [2.24, 2.45) is 0 Å². The van der Waals surface area contributed by atoms with Gasteiger partial charge in [0.1, 0.15) is 23.1 Å². The van der Waals surface area contributed by atoms with Gasteiger partial charge in [0.2, 0.25) is 0 Å². The highest BCUT2D eigenvalue weighted by Gasteiger charge is 2.30. The van der Waals surface area contributed by atoms with E-state index >= 15 is 0 Å². The van der Waals surface area contributed by atoms with Crippen LogP contribution < -0.4 is 5.73 Å². The Morgan fingerprint density at radius 2 is 1.96 bits per heavy atom. The molecular formula is C15H21N5O4. The standard InChI is InChI=1S/C15H21N5O4/c1-15(2,3)24-14(23)19-6-4-9(5-7-19)20-12(17)10(8-16)11(18-20)13(21)22/h9H,4-7,17H2,1-3H3,(H,21,22). The van der Waals surface area contributed by atoms with Crippen molar-refractivity contribution in [2.45, 2.75) is 45.3 Å². The fourth-order valence-electron chi connectivity index (χ4n) is 2.61. The van der Waals surface area contributed by atoms with Crippen LogP contribution in [0.15, 0.2) is 0 Å². The lowest BCUT2D eigenvalue weighted by atomic mass is 10.1. The minimum atomic E-state index is -1.29. The zero-order chi connectivity index (χ0) is 18.1. The number of nitriles is 1. The summed E-state index contributed by atoms with van der Waals surface area (Å²) in [5.74, 6) is -1.24. The van der Waals surface area contributed by atoms with Crippen molar-refractivity contribution in [3.8, 4) is 6.07 Å². The number of carbonyl (C=O) groups is 2. The third-order valence-corrected chi connectivity index (χ3v) is 3.72. The van der Waals surface area contributed by atoms with Gasteiger partial charge in [0.25, 0.3) is 0 Å². The van der Waals surface area contributed by atoms with Gasteiger partial charge in [-0.3, -0.25) is 0 Å². The maximum atomic E-state index is 12.1. The van der Waals surface area contributed by atoms with Crippen molar-refractivity contribution in [1.82, 2.24) is 14.7 Å². The highest BCUT2D eigenvalue weighted by atomic mass is 16.6. The lowest BCUT2D eigenvalue weighted by Gasteiger charge is -2.33. The molecular weight excluding hydrogens is 314 g/mol. The van der Waals surface area contributed by atoms with E-state index in [2.05, 4.69) is 5.10 Å². The molecule has 0 bridgehead atoms. The second-order valence-electron chi connectivity index (χ2n) is 6.67. The maximum Gasteiger partial charge on any atom is 0.410 e. The molecule has 0 saturated carbocycles. The van der Waals surface area contributed by atoms with Gasteiger partial charge in [0.05, 0.1) is 6.04 Å². The van der Waals surface area contributed by atoms with Gasteiger partial charge in [-0.1, -0.05) is 0 Å². The second-order valence-corrected chi connectivity index (χ2v) is 6.67. The fourth-order valence-corrected chi connectivity index (χ4v) is 2.61. The van der Waals surface area contributed by atoms with Crippen molar-refractivity contribution in [1.29, 1.82) is 5.26 Å². The fraction of sp³-hybridized carbons (Fsp3) is 0.600. The molecule has 0 spiro atoms. The molecule has 0 atom stereocenters. The quantitative estimate of drug-likeness (QED) is 0.838. The summed E-state index contributed by atoms with van der Waals surface area (Å²) in [6, 6.07) is 1.62. The zero-order valence-electron chi connectivity index (χ0n) is 13.9. The van der Waals surface area contributed by atoms with Crippen LogP contribution in [0, 0.1) is 11.3 Å². The number of ether oxygens (including phenoxy) is 1. The van der Waals surface area contributed by atoms with Gasteiger partial charge < -0.3 is 20.5 Å². The van der Waals surface area contributed by atoms with E-state index < -0.39 is 11.6 Å². The number of aromatic carboxylic acids is 1. The minimum absolute atomic E-state index is 0.0469. The predicted octanol–water partition coefficient (Wildman–Crippen LogP) is 1.61. The SMILES string of the molecule is CC(C)(C)OC(=O)N1CCC(n2nc(C(=O)O)c(C#N)c2N)CC1. The van der Waals surface area contributed by atoms with Gasteiger partial charge in [0, 0.05) is 13.1 Å². The first kappa shape index (κ1) is 17.6. The Kier molecular flexibility index (Phi) is 4.68. The van der Waals surface area contributed by atoms with E-state index in [1.54, 1.807) is 31.7 Å². The number of carbonyl (C=O) groups excluding carboxylic acids is 1. The molecule has 3 N–H and O–H groups in total. The Morgan fingerprint density at radius 3 is 2.38 bits per heavy atom. The summed E-state index contributed by atoms with van der Waals surface area (Å²) in [5, 5.41) is 22.1. The third-order valence-electron chi connectivity index (χ3n) is 3.72. The monoisotopic (exact) mass is 335 g/mol. The van der Waals surface area contributed by atoms with Gasteiger partial charge in [0.15, 0.2) is 5.69 Å². The predicted molar refractivity (Wildman–Crippen MR) is 84.4 cm³/mol. The second kappa shape index (κ2) is 6.39. The number of amides is 1. The lowest BCUT2D eigenvalue weighted by Crippen LogP contribution is -2.42. The minimum Gasteiger partial charge on any atom is -0.476 e. The summed E-state index contributed by atoms with van der Waals surface area (Å²) in [6.07, 6.45) is 0.725. The van der Waals surface area contributed by atoms with Crippen LogP contribution in [0.4, 0.5) is 10.6 Å². The number of rotatable bonds is 2. The molecule has 0 radical (unpaired) electrons. The Labute approximate surface area is 139 Å². The molecule has 0 aliphatic carbocycles. The van der Waals surface area contributed by atoms with Crippen LogP contribution >= 0.6 is 0 Å². The van der Waals surface area contributed by atoms with Crippen molar-refractivity contribution in [3.05, 3.63) is 11.3 Å². The Morgan fingerprint density at radius 1 is 1.38 bits per heavy atom. The smallest absolute Gasteiger partial charge is 0.410 e. The molecule has 1 aromatic heterocycles. The first-order chi connectivity index (χ1) is 11.1. The van der Waals surface area contributed by atoms with E-state index in [1.807, 2.05) is 0 Å². The number of aromatic nitrogens is 2. The average Bonchev–Trinajstić information content (AvgIpc) is 2.82. The summed E-state index contributed by atoms with van der Waals surface area (Å²) in [7, 11) is 0. The van der Waals surface area contributed by atoms with E-state index in [1.165, 1.54) is 4.68 Å². The van der Waals surface area contributed by atoms with E-state index in [4.69, 9.17) is 20.8 Å². The van der Waals surface area contributed by atoms with Crippen LogP contribution in [0.1, 0.15) is 55.7 Å². The van der Waals surface area contributed by atoms with Crippen LogP contribution in [-0.2, 0) is 4.74 Å². The number of nitrogens with two attached hydrogens (primary N) is 1. The summed E-state index contributed by atoms with van der Waals surface area (Å²) in [5.41, 5.74) is 4.84. The number of nitrogen functional groups attached to an aromatic ring is 1. The van der Waals surface area contributed by atoms with Crippen molar-refractivity contribution >= 4 is 17.9 Å². The van der Waals surface area contributed by atoms with Crippen LogP contribution in [0.3, 0.4) is 0 Å². The zero-order valence-corrected chi connectivity index (χ0v) is 13.9. The number of hydrogen-bond acceptors (Lipinski definition) is 6. The molecule has 1 aliphatic heterocycles. The van der Waals surface area contributed by atoms with E-state index in [0.717, 1.165) is 0 Å². The topological polar surface area (TPSA) is 134 Å². The molecule has 1 aliphatic rings. The van der Waals surface area contributed by atoms with E-state index in [-0.39, 0.29) is 29.2 Å². The average molecular weight is 335 g/mol. The molecule has 130 valence electrons. The molecule has 9 nitrogen and oxygen atoms in total. The summed E-state index contributed by atoms with van der Waals surface area (Å²) in [6.45, 7) is 6.31. The Bertz CT molecular complexity index is 690. The number of carboxylic acids is 1. The van der Waals surface area contributed by atoms with E-state index in [9.17, 15) is 9.59 Å². The molecule has 2 heterocycles. The Balaban J connectivity index is 2.09. The number of hydrogen-bond donors (Lipinski definition) is 2. The largest absolute Gasteiger partial charge is 0.476 e. The van der Waals surface area contributed by atoms with Gasteiger partial charge >= 0.3 is 12.1 Å². The number of carboxylic acid groups (broad SMARTS) is 1. The maximum absolute atomic E-state index is 12.1. The molecule has 1 amide bonds. The molecule has 2 rings (SSSR count).